The zero-order valence-electron chi connectivity index (χ0n) is 37.6. The fourth-order valence-electron chi connectivity index (χ4n) is 8.28. The van der Waals surface area contributed by atoms with Gasteiger partial charge >= 0.3 is 0 Å². The molecule has 0 bridgehead atoms. The number of amides is 1. The molecule has 0 radical (unpaired) electrons. The van der Waals surface area contributed by atoms with Crippen molar-refractivity contribution in [3.63, 3.8) is 0 Å². The van der Waals surface area contributed by atoms with Crippen molar-refractivity contribution in [1.82, 2.24) is 5.32 Å². The van der Waals surface area contributed by atoms with Crippen molar-refractivity contribution in [3.05, 3.63) is 0 Å². The molecule has 0 unspecified atom stereocenters. The number of carbonyl (C=O) groups excluding carboxylic acids is 1. The highest BCUT2D eigenvalue weighted by Gasteiger charge is 2.26. The molecule has 1 amide bonds. The topological polar surface area (TPSA) is 89.8 Å². The van der Waals surface area contributed by atoms with Gasteiger partial charge < -0.3 is 20.6 Å². The smallest absolute Gasteiger partial charge is 0.220 e. The van der Waals surface area contributed by atoms with E-state index in [1.54, 1.807) is 0 Å². The van der Waals surface area contributed by atoms with E-state index >= 15 is 0 Å². The van der Waals surface area contributed by atoms with Crippen LogP contribution in [0.1, 0.15) is 290 Å². The fraction of sp³-hybridized carbons (Fsp3) is 0.980. The first kappa shape index (κ1) is 54.3. The average Bonchev–Trinajstić information content (AvgIpc) is 3.19. The molecule has 0 rings (SSSR count). The summed E-state index contributed by atoms with van der Waals surface area (Å²) in [7, 11) is 0. The highest BCUT2D eigenvalue weighted by Crippen LogP contribution is 2.18. The third kappa shape index (κ3) is 41.3. The predicted molar refractivity (Wildman–Crippen MR) is 241 cm³/mol. The van der Waals surface area contributed by atoms with Crippen LogP contribution in [-0.4, -0.2) is 46.1 Å². The fourth-order valence-corrected chi connectivity index (χ4v) is 8.28. The van der Waals surface area contributed by atoms with Gasteiger partial charge in [0.1, 0.15) is 6.10 Å². The lowest BCUT2D eigenvalue weighted by molar-refractivity contribution is -0.124. The van der Waals surface area contributed by atoms with Crippen molar-refractivity contribution in [2.45, 2.75) is 308 Å². The average molecular weight is 780 g/mol. The Labute approximate surface area is 345 Å². The van der Waals surface area contributed by atoms with Crippen molar-refractivity contribution < 1.29 is 20.1 Å². The predicted octanol–water partition coefficient (Wildman–Crippen LogP) is 15.0. The van der Waals surface area contributed by atoms with Crippen LogP contribution in [0.4, 0.5) is 0 Å². The number of aliphatic hydroxyl groups is 3. The van der Waals surface area contributed by atoms with Crippen molar-refractivity contribution >= 4 is 5.91 Å². The number of rotatable bonds is 47. The number of hydrogen-bond donors (Lipinski definition) is 4. The van der Waals surface area contributed by atoms with Crippen molar-refractivity contribution in [1.29, 1.82) is 0 Å². The van der Waals surface area contributed by atoms with Gasteiger partial charge in [-0.15, -0.1) is 0 Å². The molecule has 0 aromatic rings. The summed E-state index contributed by atoms with van der Waals surface area (Å²) in [5, 5.41) is 33.6. The van der Waals surface area contributed by atoms with Crippen LogP contribution in [0.2, 0.25) is 0 Å². The van der Waals surface area contributed by atoms with Crippen molar-refractivity contribution in [2.24, 2.45) is 0 Å². The van der Waals surface area contributed by atoms with Gasteiger partial charge in [0, 0.05) is 6.42 Å². The second-order valence-electron chi connectivity index (χ2n) is 17.7. The summed E-state index contributed by atoms with van der Waals surface area (Å²) in [4.78, 5) is 12.5. The molecule has 330 valence electrons. The summed E-state index contributed by atoms with van der Waals surface area (Å²) in [5.41, 5.74) is 0. The molecule has 0 aliphatic rings. The largest absolute Gasteiger partial charge is 0.394 e. The highest BCUT2D eigenvalue weighted by molar-refractivity contribution is 5.76. The van der Waals surface area contributed by atoms with E-state index in [-0.39, 0.29) is 12.5 Å². The van der Waals surface area contributed by atoms with E-state index < -0.39 is 18.2 Å². The number of carbonyl (C=O) groups is 1. The van der Waals surface area contributed by atoms with Crippen LogP contribution in [0, 0.1) is 0 Å². The van der Waals surface area contributed by atoms with Crippen LogP contribution in [0.15, 0.2) is 0 Å². The van der Waals surface area contributed by atoms with Gasteiger partial charge in [-0.2, -0.15) is 0 Å². The molecule has 0 aliphatic heterocycles. The molecule has 0 aliphatic carbocycles. The number of nitrogens with one attached hydrogen (secondary N) is 1. The molecular formula is C50H101NO4. The van der Waals surface area contributed by atoms with Gasteiger partial charge in [-0.1, -0.05) is 271 Å². The molecule has 0 saturated heterocycles. The molecule has 0 spiro atoms. The van der Waals surface area contributed by atoms with Gasteiger partial charge in [-0.3, -0.25) is 4.79 Å². The molecule has 0 heterocycles. The Hall–Kier alpha value is -0.650. The van der Waals surface area contributed by atoms with E-state index in [0.29, 0.717) is 12.8 Å². The Morgan fingerprint density at radius 2 is 0.618 bits per heavy atom. The second-order valence-corrected chi connectivity index (χ2v) is 17.7. The van der Waals surface area contributed by atoms with Crippen LogP contribution in [0.25, 0.3) is 0 Å². The molecule has 4 N–H and O–H groups in total. The maximum atomic E-state index is 12.5. The van der Waals surface area contributed by atoms with Gasteiger partial charge in [-0.25, -0.2) is 0 Å². The van der Waals surface area contributed by atoms with Crippen LogP contribution >= 0.6 is 0 Å². The van der Waals surface area contributed by atoms with E-state index in [1.807, 2.05) is 0 Å². The molecule has 3 atom stereocenters. The third-order valence-corrected chi connectivity index (χ3v) is 12.2. The molecule has 5 heteroatoms. The third-order valence-electron chi connectivity index (χ3n) is 12.2. The molecular weight excluding hydrogens is 679 g/mol. The van der Waals surface area contributed by atoms with Crippen LogP contribution < -0.4 is 5.32 Å². The Morgan fingerprint density at radius 1 is 0.382 bits per heavy atom. The van der Waals surface area contributed by atoms with E-state index in [1.165, 1.54) is 231 Å². The Balaban J connectivity index is 3.45. The quantitative estimate of drug-likeness (QED) is 0.0463. The normalized spacial score (nSPS) is 13.3. The first-order chi connectivity index (χ1) is 27.1. The minimum atomic E-state index is -1.13. The van der Waals surface area contributed by atoms with E-state index in [9.17, 15) is 20.1 Å². The van der Waals surface area contributed by atoms with Gasteiger partial charge in [0.15, 0.2) is 0 Å². The van der Waals surface area contributed by atoms with E-state index in [2.05, 4.69) is 19.2 Å². The van der Waals surface area contributed by atoms with Gasteiger partial charge in [0.05, 0.1) is 18.8 Å². The monoisotopic (exact) mass is 780 g/mol. The molecule has 0 fully saturated rings. The summed E-state index contributed by atoms with van der Waals surface area (Å²) in [6.07, 6.45) is 53.9. The minimum Gasteiger partial charge on any atom is -0.394 e. The zero-order chi connectivity index (χ0) is 40.1. The van der Waals surface area contributed by atoms with E-state index in [0.717, 1.165) is 32.1 Å². The van der Waals surface area contributed by atoms with Crippen LogP contribution in [0.3, 0.4) is 0 Å². The van der Waals surface area contributed by atoms with Crippen LogP contribution in [0.5, 0.6) is 0 Å². The van der Waals surface area contributed by atoms with Crippen LogP contribution in [-0.2, 0) is 4.79 Å². The van der Waals surface area contributed by atoms with E-state index in [4.69, 9.17) is 0 Å². The Morgan fingerprint density at radius 3 is 0.873 bits per heavy atom. The summed E-state index contributed by atoms with van der Waals surface area (Å²) < 4.78 is 0. The zero-order valence-corrected chi connectivity index (χ0v) is 37.6. The summed E-state index contributed by atoms with van der Waals surface area (Å²) in [6.45, 7) is 4.20. The maximum absolute atomic E-state index is 12.5. The standard InChI is InChI=1S/C50H101NO4/c1-3-5-7-9-11-13-15-17-18-19-20-21-22-23-24-25-26-27-28-29-30-31-32-33-35-37-39-41-43-45-49(54)51-47(46-52)50(55)48(53)44-42-40-38-36-34-16-14-12-10-8-6-4-2/h47-48,50,52-53,55H,3-46H2,1-2H3,(H,51,54)/t47-,48+,50-/m0/s1. The number of hydrogen-bond acceptors (Lipinski definition) is 4. The minimum absolute atomic E-state index is 0.138. The maximum Gasteiger partial charge on any atom is 0.220 e. The Bertz CT molecular complexity index is 733. The van der Waals surface area contributed by atoms with Gasteiger partial charge in [-0.05, 0) is 12.8 Å². The molecule has 5 nitrogen and oxygen atoms in total. The lowest BCUT2D eigenvalue weighted by Gasteiger charge is -2.26. The number of unbranched alkanes of at least 4 members (excludes halogenated alkanes) is 39. The molecule has 0 saturated carbocycles. The highest BCUT2D eigenvalue weighted by atomic mass is 16.3. The molecule has 55 heavy (non-hydrogen) atoms. The molecule has 0 aromatic heterocycles. The SMILES string of the molecule is CCCCCCCCCCCCCCCCCCCCCCCCCCCCCCCC(=O)N[C@@H](CO)[C@H](O)[C@H](O)CCCCCCCCCCCCCC. The Kier molecular flexibility index (Phi) is 45.5. The second kappa shape index (κ2) is 46.0. The lowest BCUT2D eigenvalue weighted by atomic mass is 9.99. The lowest BCUT2D eigenvalue weighted by Crippen LogP contribution is -2.50. The molecule has 0 aromatic carbocycles. The summed E-state index contributed by atoms with van der Waals surface area (Å²) >= 11 is 0. The number of aliphatic hydroxyl groups excluding tert-OH is 3. The first-order valence-electron chi connectivity index (χ1n) is 25.3. The summed E-state index contributed by atoms with van der Waals surface area (Å²) in [6, 6.07) is -0.802. The van der Waals surface area contributed by atoms with Gasteiger partial charge in [0.2, 0.25) is 5.91 Å². The summed E-state index contributed by atoms with van der Waals surface area (Å²) in [5.74, 6) is -0.138. The van der Waals surface area contributed by atoms with Gasteiger partial charge in [0.25, 0.3) is 0 Å². The van der Waals surface area contributed by atoms with Crippen molar-refractivity contribution in [2.75, 3.05) is 6.61 Å². The first-order valence-corrected chi connectivity index (χ1v) is 25.3. The van der Waals surface area contributed by atoms with Crippen molar-refractivity contribution in [3.8, 4) is 0 Å².